The van der Waals surface area contributed by atoms with Gasteiger partial charge in [-0.3, -0.25) is 14.7 Å². The summed E-state index contributed by atoms with van der Waals surface area (Å²) in [5.41, 5.74) is 4.55. The largest absolute Gasteiger partial charge is 0.298 e. The molecule has 38 heavy (non-hydrogen) atoms. The minimum Gasteiger partial charge on any atom is -0.298 e. The van der Waals surface area contributed by atoms with E-state index in [9.17, 15) is 4.79 Å². The van der Waals surface area contributed by atoms with Crippen LogP contribution in [-0.2, 0) is 13.0 Å². The summed E-state index contributed by atoms with van der Waals surface area (Å²) in [4.78, 5) is 30.7. The molecule has 0 saturated heterocycles. The van der Waals surface area contributed by atoms with Crippen LogP contribution in [0.1, 0.15) is 53.0 Å². The predicted molar refractivity (Wildman–Crippen MR) is 154 cm³/mol. The Morgan fingerprint density at radius 3 is 2.82 bits per heavy atom. The van der Waals surface area contributed by atoms with Gasteiger partial charge >= 0.3 is 0 Å². The molecule has 2 fully saturated rings. The molecule has 192 valence electrons. The molecule has 6 heteroatoms. The van der Waals surface area contributed by atoms with E-state index in [-0.39, 0.29) is 5.91 Å². The van der Waals surface area contributed by atoms with Crippen molar-refractivity contribution in [2.45, 2.75) is 45.1 Å². The molecule has 2 aliphatic carbocycles. The molecule has 2 saturated carbocycles. The van der Waals surface area contributed by atoms with Gasteiger partial charge in [-0.25, -0.2) is 9.98 Å². The van der Waals surface area contributed by atoms with Gasteiger partial charge in [0.1, 0.15) is 5.01 Å². The van der Waals surface area contributed by atoms with E-state index in [0.717, 1.165) is 54.2 Å². The summed E-state index contributed by atoms with van der Waals surface area (Å²) in [6, 6.07) is 20.1. The number of carbonyl (C=O) groups is 1. The van der Waals surface area contributed by atoms with E-state index in [1.165, 1.54) is 41.9 Å². The lowest BCUT2D eigenvalue weighted by molar-refractivity contribution is 0.100. The molecule has 5 nitrogen and oxygen atoms in total. The Bertz CT molecular complexity index is 1500. The van der Waals surface area contributed by atoms with Crippen molar-refractivity contribution in [2.24, 2.45) is 22.2 Å². The van der Waals surface area contributed by atoms with E-state index in [4.69, 9.17) is 4.98 Å². The van der Waals surface area contributed by atoms with Crippen molar-refractivity contribution < 1.29 is 4.79 Å². The Morgan fingerprint density at radius 1 is 1.08 bits per heavy atom. The second-order valence-corrected chi connectivity index (χ2v) is 12.4. The van der Waals surface area contributed by atoms with E-state index in [0.29, 0.717) is 16.9 Å². The van der Waals surface area contributed by atoms with E-state index in [1.807, 2.05) is 47.9 Å². The van der Waals surface area contributed by atoms with Crippen molar-refractivity contribution >= 4 is 34.4 Å². The maximum Gasteiger partial charge on any atom is 0.277 e. The highest BCUT2D eigenvalue weighted by atomic mass is 32.1. The summed E-state index contributed by atoms with van der Waals surface area (Å²) >= 11 is 1.88. The SMILES string of the molecule is O=C(N=CC1CCC2(CC1)C[C@H]2CN1CCc2nc(-c3ccccc3)sc2C1)c1cccc2ncccc12. The quantitative estimate of drug-likeness (QED) is 0.271. The zero-order chi connectivity index (χ0) is 25.5. The van der Waals surface area contributed by atoms with Crippen molar-refractivity contribution in [1.82, 2.24) is 14.9 Å². The molecular weight excluding hydrogens is 488 g/mol. The minimum atomic E-state index is -0.156. The van der Waals surface area contributed by atoms with Crippen LogP contribution in [0, 0.1) is 17.3 Å². The Hall–Kier alpha value is -3.22. The number of nitrogens with zero attached hydrogens (tertiary/aromatic N) is 4. The summed E-state index contributed by atoms with van der Waals surface area (Å²) in [5.74, 6) is 1.06. The topological polar surface area (TPSA) is 58.5 Å². The number of hydrogen-bond acceptors (Lipinski definition) is 5. The first-order valence-corrected chi connectivity index (χ1v) is 14.7. The highest BCUT2D eigenvalue weighted by Crippen LogP contribution is 2.62. The van der Waals surface area contributed by atoms with Gasteiger partial charge in [-0.2, -0.15) is 0 Å². The first kappa shape index (κ1) is 23.9. The monoisotopic (exact) mass is 520 g/mol. The van der Waals surface area contributed by atoms with Gasteiger partial charge in [0.25, 0.3) is 5.91 Å². The summed E-state index contributed by atoms with van der Waals surface area (Å²) in [7, 11) is 0. The second-order valence-electron chi connectivity index (χ2n) is 11.3. The van der Waals surface area contributed by atoms with Gasteiger partial charge in [0.2, 0.25) is 0 Å². The number of carbonyl (C=O) groups excluding carboxylic acids is 1. The van der Waals surface area contributed by atoms with Crippen LogP contribution < -0.4 is 0 Å². The molecule has 3 heterocycles. The van der Waals surface area contributed by atoms with E-state index < -0.39 is 0 Å². The lowest BCUT2D eigenvalue weighted by Gasteiger charge is -2.30. The van der Waals surface area contributed by atoms with E-state index >= 15 is 0 Å². The third-order valence-electron chi connectivity index (χ3n) is 8.97. The number of fused-ring (bicyclic) bond motifs is 2. The number of aromatic nitrogens is 2. The first-order chi connectivity index (χ1) is 18.7. The highest BCUT2D eigenvalue weighted by Gasteiger charge is 2.54. The molecule has 1 aliphatic heterocycles. The van der Waals surface area contributed by atoms with Gasteiger partial charge in [0.05, 0.1) is 16.8 Å². The highest BCUT2D eigenvalue weighted by molar-refractivity contribution is 7.15. The molecule has 3 aliphatic rings. The molecule has 7 rings (SSSR count). The number of pyridine rings is 1. The van der Waals surface area contributed by atoms with Crippen LogP contribution in [0.2, 0.25) is 0 Å². The molecule has 1 amide bonds. The van der Waals surface area contributed by atoms with Crippen LogP contribution in [0.4, 0.5) is 0 Å². The molecule has 0 bridgehead atoms. The van der Waals surface area contributed by atoms with Gasteiger partial charge in [0.15, 0.2) is 0 Å². The van der Waals surface area contributed by atoms with E-state index in [1.54, 1.807) is 6.20 Å². The Kier molecular flexibility index (Phi) is 6.17. The van der Waals surface area contributed by atoms with Crippen molar-refractivity contribution in [3.63, 3.8) is 0 Å². The molecule has 2 aromatic carbocycles. The maximum atomic E-state index is 12.8. The first-order valence-electron chi connectivity index (χ1n) is 13.9. The minimum absolute atomic E-state index is 0.156. The number of aliphatic imine (C=N–C) groups is 1. The number of rotatable bonds is 5. The van der Waals surface area contributed by atoms with E-state index in [2.05, 4.69) is 45.2 Å². The van der Waals surface area contributed by atoms with Crippen LogP contribution >= 0.6 is 11.3 Å². The average Bonchev–Trinajstić information content (AvgIpc) is 3.43. The third kappa shape index (κ3) is 4.61. The lowest BCUT2D eigenvalue weighted by atomic mass is 9.79. The predicted octanol–water partition coefficient (Wildman–Crippen LogP) is 6.82. The average molecular weight is 521 g/mol. The van der Waals surface area contributed by atoms with Crippen LogP contribution in [0.5, 0.6) is 0 Å². The van der Waals surface area contributed by atoms with Crippen molar-refractivity contribution in [3.05, 3.63) is 83.0 Å². The fourth-order valence-electron chi connectivity index (χ4n) is 6.62. The van der Waals surface area contributed by atoms with Crippen LogP contribution in [0.25, 0.3) is 21.5 Å². The fourth-order valence-corrected chi connectivity index (χ4v) is 7.77. The zero-order valence-corrected chi connectivity index (χ0v) is 22.4. The molecular formula is C32H32N4OS. The number of thiazole rings is 1. The van der Waals surface area contributed by atoms with Gasteiger partial charge < -0.3 is 0 Å². The Balaban J connectivity index is 0.928. The fraction of sp³-hybridized carbons (Fsp3) is 0.375. The Morgan fingerprint density at radius 2 is 1.95 bits per heavy atom. The zero-order valence-electron chi connectivity index (χ0n) is 21.6. The number of benzene rings is 2. The van der Waals surface area contributed by atoms with Crippen molar-refractivity contribution in [2.75, 3.05) is 13.1 Å². The maximum absolute atomic E-state index is 12.8. The van der Waals surface area contributed by atoms with Crippen LogP contribution in [-0.4, -0.2) is 40.1 Å². The van der Waals surface area contributed by atoms with Crippen molar-refractivity contribution in [1.29, 1.82) is 0 Å². The van der Waals surface area contributed by atoms with Gasteiger partial charge in [-0.1, -0.05) is 42.5 Å². The van der Waals surface area contributed by atoms with Crippen LogP contribution in [0.3, 0.4) is 0 Å². The molecule has 4 aromatic rings. The van der Waals surface area contributed by atoms with Gasteiger partial charge in [0, 0.05) is 54.3 Å². The van der Waals surface area contributed by atoms with Crippen molar-refractivity contribution in [3.8, 4) is 10.6 Å². The normalized spacial score (nSPS) is 25.2. The smallest absolute Gasteiger partial charge is 0.277 e. The second kappa shape index (κ2) is 9.83. The number of amides is 1. The molecule has 0 radical (unpaired) electrons. The molecule has 0 unspecified atom stereocenters. The summed E-state index contributed by atoms with van der Waals surface area (Å²) in [6.45, 7) is 3.39. The molecule has 2 aromatic heterocycles. The van der Waals surface area contributed by atoms with Gasteiger partial charge in [-0.15, -0.1) is 11.3 Å². The standard InChI is InChI=1S/C32H32N4OS/c37-30(26-8-4-10-27-25(26)9-5-16-33-27)34-19-22-11-14-32(15-12-22)18-24(32)20-36-17-13-28-29(21-36)38-31(35-28)23-6-2-1-3-7-23/h1-10,16,19,22,24H,11-15,17-18,20-21H2/t22?,24-,32?/m0/s1. The molecule has 1 atom stereocenters. The summed E-state index contributed by atoms with van der Waals surface area (Å²) in [6.07, 6.45) is 10.9. The molecule has 0 N–H and O–H groups in total. The summed E-state index contributed by atoms with van der Waals surface area (Å²) < 4.78 is 0. The molecule has 1 spiro atoms. The Labute approximate surface area is 227 Å². The third-order valence-corrected chi connectivity index (χ3v) is 10.1. The van der Waals surface area contributed by atoms with Crippen LogP contribution in [0.15, 0.2) is 71.9 Å². The van der Waals surface area contributed by atoms with Gasteiger partial charge in [-0.05, 0) is 67.6 Å². The lowest BCUT2D eigenvalue weighted by Crippen LogP contribution is -2.33. The summed E-state index contributed by atoms with van der Waals surface area (Å²) in [5, 5.41) is 2.04. The number of hydrogen-bond donors (Lipinski definition) is 0.